The molecule has 1 atom stereocenters. The molecule has 9 nitrogen and oxygen atoms in total. The Balaban J connectivity index is 1.88. The van der Waals surface area contributed by atoms with Crippen LogP contribution in [0, 0.1) is 10.1 Å². The standard InChI is InChI=1S/C16H18N4O5S/c1-24-14(21)10-26-16-18-17-15(19(16)9-13-3-2-8-25-13)11-4-6-12(7-5-11)20(22)23/h4-7,13H,2-3,8-10H2,1H3/t13-/m1/s1. The van der Waals surface area contributed by atoms with Gasteiger partial charge in [-0.05, 0) is 25.0 Å². The number of carbonyl (C=O) groups is 1. The van der Waals surface area contributed by atoms with Crippen molar-refractivity contribution in [2.75, 3.05) is 19.5 Å². The monoisotopic (exact) mass is 378 g/mol. The molecule has 1 aromatic carbocycles. The Morgan fingerprint density at radius 1 is 1.42 bits per heavy atom. The molecule has 0 amide bonds. The molecular formula is C16H18N4O5S. The van der Waals surface area contributed by atoms with Crippen LogP contribution in [0.3, 0.4) is 0 Å². The highest BCUT2D eigenvalue weighted by Crippen LogP contribution is 2.27. The maximum absolute atomic E-state index is 11.4. The van der Waals surface area contributed by atoms with E-state index in [9.17, 15) is 14.9 Å². The Labute approximate surface area is 153 Å². The van der Waals surface area contributed by atoms with Gasteiger partial charge in [0, 0.05) is 24.3 Å². The molecule has 1 aliphatic rings. The van der Waals surface area contributed by atoms with E-state index in [-0.39, 0.29) is 23.5 Å². The Kier molecular flexibility index (Phi) is 5.84. The predicted octanol–water partition coefficient (Wildman–Crippen LogP) is 2.30. The van der Waals surface area contributed by atoms with Crippen LogP contribution in [0.15, 0.2) is 29.4 Å². The summed E-state index contributed by atoms with van der Waals surface area (Å²) in [5.74, 6) is 0.363. The molecule has 1 aromatic heterocycles. The van der Waals surface area contributed by atoms with E-state index in [0.29, 0.717) is 23.1 Å². The molecule has 1 fully saturated rings. The third-order valence-corrected chi connectivity index (χ3v) is 4.95. The van der Waals surface area contributed by atoms with Crippen molar-refractivity contribution in [3.63, 3.8) is 0 Å². The van der Waals surface area contributed by atoms with E-state index in [2.05, 4.69) is 14.9 Å². The fourth-order valence-corrected chi connectivity index (χ4v) is 3.46. The van der Waals surface area contributed by atoms with Crippen molar-refractivity contribution in [2.24, 2.45) is 0 Å². The van der Waals surface area contributed by atoms with Crippen molar-refractivity contribution in [1.82, 2.24) is 14.8 Å². The van der Waals surface area contributed by atoms with E-state index in [0.717, 1.165) is 19.4 Å². The first-order chi connectivity index (χ1) is 12.6. The average molecular weight is 378 g/mol. The number of hydrogen-bond donors (Lipinski definition) is 0. The molecule has 3 rings (SSSR count). The zero-order chi connectivity index (χ0) is 18.5. The second-order valence-electron chi connectivity index (χ2n) is 5.72. The normalized spacial score (nSPS) is 16.6. The van der Waals surface area contributed by atoms with Gasteiger partial charge in [0.2, 0.25) is 0 Å². The van der Waals surface area contributed by atoms with Crippen LogP contribution in [-0.4, -0.2) is 51.2 Å². The number of ether oxygens (including phenoxy) is 2. The first-order valence-corrected chi connectivity index (χ1v) is 9.06. The molecule has 138 valence electrons. The SMILES string of the molecule is COC(=O)CSc1nnc(-c2ccc([N+](=O)[O-])cc2)n1C[C@H]1CCCO1. The first-order valence-electron chi connectivity index (χ1n) is 8.07. The highest BCUT2D eigenvalue weighted by atomic mass is 32.2. The van der Waals surface area contributed by atoms with Gasteiger partial charge in [0.1, 0.15) is 0 Å². The van der Waals surface area contributed by atoms with Crippen LogP contribution in [0.25, 0.3) is 11.4 Å². The Bertz CT molecular complexity index is 786. The molecule has 0 aliphatic carbocycles. The van der Waals surface area contributed by atoms with Crippen LogP contribution >= 0.6 is 11.8 Å². The minimum atomic E-state index is -0.446. The van der Waals surface area contributed by atoms with Crippen LogP contribution in [0.5, 0.6) is 0 Å². The zero-order valence-electron chi connectivity index (χ0n) is 14.2. The molecule has 26 heavy (non-hydrogen) atoms. The lowest BCUT2D eigenvalue weighted by Crippen LogP contribution is -2.17. The second kappa shape index (κ2) is 8.28. The fraction of sp³-hybridized carbons (Fsp3) is 0.438. The van der Waals surface area contributed by atoms with Crippen molar-refractivity contribution in [3.05, 3.63) is 34.4 Å². The van der Waals surface area contributed by atoms with Gasteiger partial charge in [-0.2, -0.15) is 0 Å². The minimum absolute atomic E-state index is 0.0132. The van der Waals surface area contributed by atoms with E-state index in [1.807, 2.05) is 4.57 Å². The summed E-state index contributed by atoms with van der Waals surface area (Å²) in [6.07, 6.45) is 2.00. The van der Waals surface area contributed by atoms with Crippen molar-refractivity contribution in [1.29, 1.82) is 0 Å². The Morgan fingerprint density at radius 3 is 2.81 bits per heavy atom. The summed E-state index contributed by atoms with van der Waals surface area (Å²) in [5, 5.41) is 19.8. The molecule has 0 unspecified atom stereocenters. The van der Waals surface area contributed by atoms with Gasteiger partial charge < -0.3 is 9.47 Å². The molecule has 2 aromatic rings. The summed E-state index contributed by atoms with van der Waals surface area (Å²) in [6, 6.07) is 6.15. The molecule has 0 saturated carbocycles. The number of benzene rings is 1. The van der Waals surface area contributed by atoms with Crippen LogP contribution in [0.2, 0.25) is 0 Å². The summed E-state index contributed by atoms with van der Waals surface area (Å²) in [7, 11) is 1.34. The van der Waals surface area contributed by atoms with Crippen LogP contribution < -0.4 is 0 Å². The number of thioether (sulfide) groups is 1. The lowest BCUT2D eigenvalue weighted by Gasteiger charge is -2.14. The third kappa shape index (κ3) is 4.20. The third-order valence-electron chi connectivity index (χ3n) is 4.01. The number of methoxy groups -OCH3 is 1. The molecule has 0 N–H and O–H groups in total. The number of non-ortho nitro benzene ring substituents is 1. The first kappa shape index (κ1) is 18.3. The van der Waals surface area contributed by atoms with E-state index in [1.165, 1.54) is 31.0 Å². The molecule has 0 spiro atoms. The number of esters is 1. The highest BCUT2D eigenvalue weighted by Gasteiger charge is 2.22. The van der Waals surface area contributed by atoms with Gasteiger partial charge in [-0.1, -0.05) is 11.8 Å². The summed E-state index contributed by atoms with van der Waals surface area (Å²) in [5.41, 5.74) is 0.727. The minimum Gasteiger partial charge on any atom is -0.468 e. The van der Waals surface area contributed by atoms with Crippen molar-refractivity contribution in [3.8, 4) is 11.4 Å². The van der Waals surface area contributed by atoms with Gasteiger partial charge in [0.05, 0.1) is 30.4 Å². The van der Waals surface area contributed by atoms with Crippen molar-refractivity contribution < 1.29 is 19.2 Å². The van der Waals surface area contributed by atoms with Crippen LogP contribution in [-0.2, 0) is 20.8 Å². The fourth-order valence-electron chi connectivity index (χ4n) is 2.68. The van der Waals surface area contributed by atoms with E-state index in [1.54, 1.807) is 12.1 Å². The van der Waals surface area contributed by atoms with Crippen molar-refractivity contribution >= 4 is 23.4 Å². The Hall–Kier alpha value is -2.46. The van der Waals surface area contributed by atoms with Crippen LogP contribution in [0.4, 0.5) is 5.69 Å². The summed E-state index contributed by atoms with van der Waals surface area (Å²) in [6.45, 7) is 1.28. The molecule has 0 bridgehead atoms. The van der Waals surface area contributed by atoms with E-state index < -0.39 is 4.92 Å². The van der Waals surface area contributed by atoms with E-state index in [4.69, 9.17) is 4.74 Å². The largest absolute Gasteiger partial charge is 0.468 e. The van der Waals surface area contributed by atoms with Gasteiger partial charge in [0.25, 0.3) is 5.69 Å². The molecule has 10 heteroatoms. The summed E-state index contributed by atoms with van der Waals surface area (Å²) >= 11 is 1.24. The number of nitrogens with zero attached hydrogens (tertiary/aromatic N) is 4. The maximum atomic E-state index is 11.4. The molecule has 1 saturated heterocycles. The number of carbonyl (C=O) groups excluding carboxylic acids is 1. The van der Waals surface area contributed by atoms with Gasteiger partial charge in [-0.15, -0.1) is 10.2 Å². The molecular weight excluding hydrogens is 360 g/mol. The van der Waals surface area contributed by atoms with E-state index >= 15 is 0 Å². The highest BCUT2D eigenvalue weighted by molar-refractivity contribution is 7.99. The summed E-state index contributed by atoms with van der Waals surface area (Å²) in [4.78, 5) is 21.8. The topological polar surface area (TPSA) is 109 Å². The summed E-state index contributed by atoms with van der Waals surface area (Å²) < 4.78 is 12.3. The molecule has 1 aliphatic heterocycles. The molecule has 0 radical (unpaired) electrons. The number of rotatable bonds is 7. The zero-order valence-corrected chi connectivity index (χ0v) is 15.0. The van der Waals surface area contributed by atoms with Gasteiger partial charge in [0.15, 0.2) is 11.0 Å². The predicted molar refractivity (Wildman–Crippen MR) is 93.8 cm³/mol. The Morgan fingerprint density at radius 2 is 2.19 bits per heavy atom. The van der Waals surface area contributed by atoms with Crippen molar-refractivity contribution in [2.45, 2.75) is 30.6 Å². The maximum Gasteiger partial charge on any atom is 0.316 e. The lowest BCUT2D eigenvalue weighted by molar-refractivity contribution is -0.384. The smallest absolute Gasteiger partial charge is 0.316 e. The van der Waals surface area contributed by atoms with Gasteiger partial charge in [-0.3, -0.25) is 19.5 Å². The number of nitro groups is 1. The lowest BCUT2D eigenvalue weighted by atomic mass is 10.2. The number of hydrogen-bond acceptors (Lipinski definition) is 8. The average Bonchev–Trinajstić information content (AvgIpc) is 3.30. The van der Waals surface area contributed by atoms with Gasteiger partial charge >= 0.3 is 5.97 Å². The second-order valence-corrected chi connectivity index (χ2v) is 6.66. The van der Waals surface area contributed by atoms with Gasteiger partial charge in [-0.25, -0.2) is 0 Å². The number of nitro benzene ring substituents is 1. The quantitative estimate of drug-likeness (QED) is 0.312. The van der Waals surface area contributed by atoms with Crippen LogP contribution in [0.1, 0.15) is 12.8 Å². The molecule has 2 heterocycles. The number of aromatic nitrogens is 3.